The van der Waals surface area contributed by atoms with Crippen LogP contribution in [0.15, 0.2) is 18.2 Å². The van der Waals surface area contributed by atoms with E-state index in [-0.39, 0.29) is 6.04 Å². The van der Waals surface area contributed by atoms with E-state index < -0.39 is 11.6 Å². The second-order valence-electron chi connectivity index (χ2n) is 6.05. The fourth-order valence-corrected chi connectivity index (χ4v) is 3.45. The van der Waals surface area contributed by atoms with Gasteiger partial charge in [-0.25, -0.2) is 8.78 Å². The summed E-state index contributed by atoms with van der Waals surface area (Å²) in [5, 5.41) is 3.16. The molecule has 116 valence electrons. The maximum atomic E-state index is 13.3. The van der Waals surface area contributed by atoms with E-state index in [4.69, 9.17) is 4.74 Å². The monoisotopic (exact) mass is 296 g/mol. The maximum absolute atomic E-state index is 13.3. The van der Waals surface area contributed by atoms with Crippen molar-refractivity contribution >= 4 is 0 Å². The van der Waals surface area contributed by atoms with Gasteiger partial charge in [-0.2, -0.15) is 0 Å². The summed E-state index contributed by atoms with van der Waals surface area (Å²) in [6.07, 6.45) is 3.91. The highest BCUT2D eigenvalue weighted by Gasteiger charge is 2.33. The van der Waals surface area contributed by atoms with Gasteiger partial charge in [0.25, 0.3) is 0 Å². The van der Waals surface area contributed by atoms with Gasteiger partial charge >= 0.3 is 0 Å². The first-order chi connectivity index (χ1) is 10.1. The molecule has 2 aliphatic rings. The lowest BCUT2D eigenvalue weighted by molar-refractivity contribution is -0.0390. The van der Waals surface area contributed by atoms with Crippen molar-refractivity contribution in [3.63, 3.8) is 0 Å². The summed E-state index contributed by atoms with van der Waals surface area (Å²) in [6.45, 7) is 2.87. The van der Waals surface area contributed by atoms with Gasteiger partial charge in [0.15, 0.2) is 0 Å². The van der Waals surface area contributed by atoms with Crippen molar-refractivity contribution in [3.05, 3.63) is 35.4 Å². The Morgan fingerprint density at radius 2 is 1.81 bits per heavy atom. The number of fused-ring (bicyclic) bond motifs is 2. The Kier molecular flexibility index (Phi) is 4.52. The molecule has 1 N–H and O–H groups in total. The number of likely N-dealkylation sites (tertiary alicyclic amines) is 1. The molecule has 1 aromatic carbocycles. The first-order valence-corrected chi connectivity index (χ1v) is 7.65. The highest BCUT2D eigenvalue weighted by molar-refractivity contribution is 5.21. The van der Waals surface area contributed by atoms with E-state index in [1.54, 1.807) is 0 Å². The van der Waals surface area contributed by atoms with Crippen molar-refractivity contribution in [1.29, 1.82) is 0 Å². The molecule has 2 saturated heterocycles. The van der Waals surface area contributed by atoms with Gasteiger partial charge in [-0.1, -0.05) is 0 Å². The second kappa shape index (κ2) is 6.38. The lowest BCUT2D eigenvalue weighted by Gasteiger charge is -2.33. The highest BCUT2D eigenvalue weighted by atomic mass is 19.1. The summed E-state index contributed by atoms with van der Waals surface area (Å²) in [4.78, 5) is 2.41. The third-order valence-electron chi connectivity index (χ3n) is 4.49. The minimum atomic E-state index is -0.519. The van der Waals surface area contributed by atoms with Gasteiger partial charge in [-0.3, -0.25) is 4.90 Å². The normalized spacial score (nSPS) is 27.0. The standard InChI is InChI=1S/C16H22F2N2O/c1-19-16(11-6-12(17)8-13(18)7-11)4-5-20-9-14-2-3-15(10-20)21-14/h6-8,14-16,19H,2-5,9-10H2,1H3. The first-order valence-electron chi connectivity index (χ1n) is 7.65. The van der Waals surface area contributed by atoms with Crippen LogP contribution in [0.2, 0.25) is 0 Å². The number of benzene rings is 1. The van der Waals surface area contributed by atoms with Gasteiger partial charge in [0, 0.05) is 31.7 Å². The van der Waals surface area contributed by atoms with E-state index in [1.165, 1.54) is 12.1 Å². The van der Waals surface area contributed by atoms with Crippen LogP contribution in [0.4, 0.5) is 8.78 Å². The van der Waals surface area contributed by atoms with Crippen molar-refractivity contribution in [2.75, 3.05) is 26.7 Å². The zero-order valence-electron chi connectivity index (χ0n) is 12.3. The molecule has 5 heteroatoms. The molecule has 3 atom stereocenters. The van der Waals surface area contributed by atoms with Gasteiger partial charge in [-0.15, -0.1) is 0 Å². The van der Waals surface area contributed by atoms with Crippen molar-refractivity contribution in [2.24, 2.45) is 0 Å². The summed E-state index contributed by atoms with van der Waals surface area (Å²) in [5.41, 5.74) is 0.672. The van der Waals surface area contributed by atoms with E-state index >= 15 is 0 Å². The molecule has 0 aliphatic carbocycles. The van der Waals surface area contributed by atoms with Crippen LogP contribution in [0.5, 0.6) is 0 Å². The summed E-state index contributed by atoms with van der Waals surface area (Å²) in [6, 6.07) is 3.70. The molecular formula is C16H22F2N2O. The molecule has 21 heavy (non-hydrogen) atoms. The average molecular weight is 296 g/mol. The van der Waals surface area contributed by atoms with Gasteiger partial charge in [0.2, 0.25) is 0 Å². The van der Waals surface area contributed by atoms with Crippen LogP contribution < -0.4 is 5.32 Å². The number of hydrogen-bond acceptors (Lipinski definition) is 3. The second-order valence-corrected chi connectivity index (χ2v) is 6.05. The molecule has 2 aliphatic heterocycles. The Labute approximate surface area is 124 Å². The Balaban J connectivity index is 1.59. The molecular weight excluding hydrogens is 274 g/mol. The number of nitrogens with zero attached hydrogens (tertiary/aromatic N) is 1. The van der Waals surface area contributed by atoms with Crippen LogP contribution in [-0.2, 0) is 4.74 Å². The van der Waals surface area contributed by atoms with Gasteiger partial charge in [0.05, 0.1) is 12.2 Å². The van der Waals surface area contributed by atoms with Crippen LogP contribution in [0, 0.1) is 11.6 Å². The smallest absolute Gasteiger partial charge is 0.126 e. The van der Waals surface area contributed by atoms with E-state index in [2.05, 4.69) is 10.2 Å². The van der Waals surface area contributed by atoms with Gasteiger partial charge in [-0.05, 0) is 44.0 Å². The Hall–Kier alpha value is -1.04. The summed E-state index contributed by atoms with van der Waals surface area (Å²) in [5.74, 6) is -1.04. The SMILES string of the molecule is CNC(CCN1CC2CCC(C1)O2)c1cc(F)cc(F)c1. The fourth-order valence-electron chi connectivity index (χ4n) is 3.45. The largest absolute Gasteiger partial charge is 0.372 e. The molecule has 3 nitrogen and oxygen atoms in total. The number of rotatable bonds is 5. The number of halogens is 2. The van der Waals surface area contributed by atoms with Crippen LogP contribution in [0.1, 0.15) is 30.9 Å². The van der Waals surface area contributed by atoms with Gasteiger partial charge < -0.3 is 10.1 Å². The minimum Gasteiger partial charge on any atom is -0.372 e. The predicted octanol–water partition coefficient (Wildman–Crippen LogP) is 2.48. The average Bonchev–Trinajstić information content (AvgIpc) is 2.77. The summed E-state index contributed by atoms with van der Waals surface area (Å²) in [7, 11) is 1.83. The maximum Gasteiger partial charge on any atom is 0.126 e. The summed E-state index contributed by atoms with van der Waals surface area (Å²) < 4.78 is 32.5. The van der Waals surface area contributed by atoms with Crippen molar-refractivity contribution < 1.29 is 13.5 Å². The topological polar surface area (TPSA) is 24.5 Å². The minimum absolute atomic E-state index is 0.0318. The molecule has 0 amide bonds. The quantitative estimate of drug-likeness (QED) is 0.903. The van der Waals surface area contributed by atoms with Crippen LogP contribution in [0.25, 0.3) is 0 Å². The molecule has 0 radical (unpaired) electrons. The van der Waals surface area contributed by atoms with E-state index in [0.29, 0.717) is 17.8 Å². The lowest BCUT2D eigenvalue weighted by Crippen LogP contribution is -2.43. The first kappa shape index (κ1) is 14.9. The zero-order chi connectivity index (χ0) is 14.8. The number of hydrogen-bond donors (Lipinski definition) is 1. The van der Waals surface area contributed by atoms with Crippen molar-refractivity contribution in [3.8, 4) is 0 Å². The molecule has 1 aromatic rings. The Morgan fingerprint density at radius 1 is 1.19 bits per heavy atom. The zero-order valence-corrected chi connectivity index (χ0v) is 12.3. The van der Waals surface area contributed by atoms with Crippen LogP contribution >= 0.6 is 0 Å². The molecule has 0 saturated carbocycles. The number of ether oxygens (including phenoxy) is 1. The summed E-state index contributed by atoms with van der Waals surface area (Å²) >= 11 is 0. The lowest BCUT2D eigenvalue weighted by atomic mass is 10.0. The molecule has 0 spiro atoms. The molecule has 3 rings (SSSR count). The van der Waals surface area contributed by atoms with E-state index in [0.717, 1.165) is 45.0 Å². The third kappa shape index (κ3) is 3.59. The molecule has 2 heterocycles. The van der Waals surface area contributed by atoms with Crippen LogP contribution in [-0.4, -0.2) is 43.8 Å². The van der Waals surface area contributed by atoms with Crippen molar-refractivity contribution in [2.45, 2.75) is 37.5 Å². The third-order valence-corrected chi connectivity index (χ3v) is 4.49. The van der Waals surface area contributed by atoms with Crippen LogP contribution in [0.3, 0.4) is 0 Å². The molecule has 2 bridgehead atoms. The number of nitrogens with one attached hydrogen (secondary N) is 1. The van der Waals surface area contributed by atoms with Crippen molar-refractivity contribution in [1.82, 2.24) is 10.2 Å². The molecule has 3 unspecified atom stereocenters. The molecule has 0 aromatic heterocycles. The predicted molar refractivity (Wildman–Crippen MR) is 77.1 cm³/mol. The highest BCUT2D eigenvalue weighted by Crippen LogP contribution is 2.27. The Morgan fingerprint density at radius 3 is 2.38 bits per heavy atom. The molecule has 2 fully saturated rings. The van der Waals surface area contributed by atoms with E-state index in [1.807, 2.05) is 7.05 Å². The fraction of sp³-hybridized carbons (Fsp3) is 0.625. The van der Waals surface area contributed by atoms with E-state index in [9.17, 15) is 8.78 Å². The van der Waals surface area contributed by atoms with Gasteiger partial charge in [0.1, 0.15) is 11.6 Å². The Bertz CT molecular complexity index is 465. The number of morpholine rings is 1.